The summed E-state index contributed by atoms with van der Waals surface area (Å²) in [5, 5.41) is 3.30. The van der Waals surface area contributed by atoms with Crippen molar-refractivity contribution in [2.24, 2.45) is 15.4 Å². The summed E-state index contributed by atoms with van der Waals surface area (Å²) in [6, 6.07) is 0. The Hall–Kier alpha value is -1.16. The highest BCUT2D eigenvalue weighted by Crippen LogP contribution is 2.34. The van der Waals surface area contributed by atoms with E-state index in [-0.39, 0.29) is 0 Å². The minimum absolute atomic E-state index is 0.519. The van der Waals surface area contributed by atoms with Gasteiger partial charge < -0.3 is 10.2 Å². The molecule has 1 spiro atoms. The smallest absolute Gasteiger partial charge is 0.224 e. The standard InChI is InChI=1S/C10H16N4/c1-3-12-9(13-4-2)14-7-10(8-14)5-11-6-10/h3-4,11H,1,5-8H2,2H3. The molecule has 2 heterocycles. The molecule has 2 aliphatic heterocycles. The third kappa shape index (κ3) is 1.46. The quantitative estimate of drug-likeness (QED) is 0.485. The van der Waals surface area contributed by atoms with Gasteiger partial charge in [0.2, 0.25) is 5.96 Å². The number of hydrogen-bond acceptors (Lipinski definition) is 2. The predicted molar refractivity (Wildman–Crippen MR) is 58.7 cm³/mol. The second kappa shape index (κ2) is 3.53. The van der Waals surface area contributed by atoms with E-state index in [1.165, 1.54) is 0 Å². The zero-order valence-corrected chi connectivity index (χ0v) is 8.53. The molecule has 4 heteroatoms. The lowest BCUT2D eigenvalue weighted by atomic mass is 9.75. The van der Waals surface area contributed by atoms with Crippen molar-refractivity contribution >= 4 is 12.2 Å². The molecule has 2 saturated heterocycles. The zero-order valence-electron chi connectivity index (χ0n) is 8.53. The van der Waals surface area contributed by atoms with E-state index in [2.05, 4.69) is 26.8 Å². The molecule has 76 valence electrons. The molecule has 14 heavy (non-hydrogen) atoms. The summed E-state index contributed by atoms with van der Waals surface area (Å²) in [6.45, 7) is 9.92. The van der Waals surface area contributed by atoms with Crippen molar-refractivity contribution in [2.75, 3.05) is 26.2 Å². The number of likely N-dealkylation sites (tertiary alicyclic amines) is 1. The highest BCUT2D eigenvalue weighted by molar-refractivity contribution is 5.88. The van der Waals surface area contributed by atoms with Gasteiger partial charge in [-0.15, -0.1) is 0 Å². The first kappa shape index (κ1) is 9.40. The molecule has 0 unspecified atom stereocenters. The summed E-state index contributed by atoms with van der Waals surface area (Å²) < 4.78 is 0. The Kier molecular flexibility index (Phi) is 2.37. The Morgan fingerprint density at radius 1 is 1.50 bits per heavy atom. The lowest BCUT2D eigenvalue weighted by molar-refractivity contribution is 0.00635. The van der Waals surface area contributed by atoms with Crippen LogP contribution in [0.1, 0.15) is 6.92 Å². The van der Waals surface area contributed by atoms with Gasteiger partial charge in [0.25, 0.3) is 0 Å². The predicted octanol–water partition coefficient (Wildman–Crippen LogP) is 0.482. The lowest BCUT2D eigenvalue weighted by Gasteiger charge is -2.56. The van der Waals surface area contributed by atoms with Crippen molar-refractivity contribution < 1.29 is 0 Å². The topological polar surface area (TPSA) is 40.0 Å². The van der Waals surface area contributed by atoms with Gasteiger partial charge in [-0.1, -0.05) is 6.58 Å². The minimum Gasteiger partial charge on any atom is -0.339 e. The Morgan fingerprint density at radius 3 is 2.64 bits per heavy atom. The molecule has 0 aliphatic carbocycles. The summed E-state index contributed by atoms with van der Waals surface area (Å²) in [5.74, 6) is 0.792. The number of aliphatic imine (C=N–C) groups is 2. The van der Waals surface area contributed by atoms with E-state index in [4.69, 9.17) is 0 Å². The van der Waals surface area contributed by atoms with Gasteiger partial charge in [-0.3, -0.25) is 0 Å². The molecule has 0 aromatic carbocycles. The first-order valence-corrected chi connectivity index (χ1v) is 4.93. The Bertz CT molecular complexity index is 280. The molecular weight excluding hydrogens is 176 g/mol. The number of nitrogens with one attached hydrogen (secondary N) is 1. The van der Waals surface area contributed by atoms with Gasteiger partial charge in [-0.05, 0) is 6.92 Å². The van der Waals surface area contributed by atoms with E-state index in [1.54, 1.807) is 12.4 Å². The normalized spacial score (nSPS) is 24.9. The summed E-state index contributed by atoms with van der Waals surface area (Å²) in [6.07, 6.45) is 3.32. The molecule has 0 saturated carbocycles. The van der Waals surface area contributed by atoms with E-state index in [9.17, 15) is 0 Å². The fourth-order valence-corrected chi connectivity index (χ4v) is 2.00. The number of rotatable bonds is 1. The van der Waals surface area contributed by atoms with Crippen LogP contribution >= 0.6 is 0 Å². The monoisotopic (exact) mass is 192 g/mol. The van der Waals surface area contributed by atoms with Crippen LogP contribution in [0, 0.1) is 5.41 Å². The van der Waals surface area contributed by atoms with Crippen LogP contribution in [-0.4, -0.2) is 43.3 Å². The van der Waals surface area contributed by atoms with E-state index in [0.717, 1.165) is 32.1 Å². The zero-order chi connectivity index (χ0) is 10.0. The van der Waals surface area contributed by atoms with Gasteiger partial charge in [0.05, 0.1) is 0 Å². The third-order valence-corrected chi connectivity index (χ3v) is 2.79. The molecule has 2 fully saturated rings. The molecule has 0 aromatic rings. The second-order valence-electron chi connectivity index (χ2n) is 3.96. The van der Waals surface area contributed by atoms with Gasteiger partial charge in [-0.2, -0.15) is 0 Å². The van der Waals surface area contributed by atoms with Crippen molar-refractivity contribution in [3.8, 4) is 0 Å². The first-order chi connectivity index (χ1) is 6.79. The molecule has 0 amide bonds. The third-order valence-electron chi connectivity index (χ3n) is 2.79. The maximum Gasteiger partial charge on any atom is 0.224 e. The molecule has 1 N–H and O–H groups in total. The Balaban J connectivity index is 1.95. The highest BCUT2D eigenvalue weighted by atomic mass is 15.3. The van der Waals surface area contributed by atoms with Gasteiger partial charge in [0.1, 0.15) is 0 Å². The van der Waals surface area contributed by atoms with Crippen molar-refractivity contribution in [2.45, 2.75) is 6.92 Å². The van der Waals surface area contributed by atoms with Gasteiger partial charge in [-0.25, -0.2) is 9.98 Å². The van der Waals surface area contributed by atoms with Crippen LogP contribution in [-0.2, 0) is 0 Å². The van der Waals surface area contributed by atoms with E-state index < -0.39 is 0 Å². The van der Waals surface area contributed by atoms with Crippen LogP contribution in [0.25, 0.3) is 0 Å². The van der Waals surface area contributed by atoms with E-state index in [0.29, 0.717) is 5.41 Å². The summed E-state index contributed by atoms with van der Waals surface area (Å²) in [4.78, 5) is 10.6. The minimum atomic E-state index is 0.519. The molecule has 0 radical (unpaired) electrons. The second-order valence-corrected chi connectivity index (χ2v) is 3.96. The molecule has 4 nitrogen and oxygen atoms in total. The van der Waals surface area contributed by atoms with Crippen molar-refractivity contribution in [1.29, 1.82) is 0 Å². The fourth-order valence-electron chi connectivity index (χ4n) is 2.00. The van der Waals surface area contributed by atoms with Crippen molar-refractivity contribution in [3.63, 3.8) is 0 Å². The SMILES string of the molecule is C=CN=C(N=CC)N1CC2(CNC2)C1. The van der Waals surface area contributed by atoms with Crippen LogP contribution in [0.4, 0.5) is 0 Å². The lowest BCUT2D eigenvalue weighted by Crippen LogP contribution is -2.71. The Labute approximate surface area is 84.4 Å². The van der Waals surface area contributed by atoms with Crippen LogP contribution in [0.5, 0.6) is 0 Å². The maximum absolute atomic E-state index is 4.22. The number of nitrogens with zero attached hydrogens (tertiary/aromatic N) is 3. The van der Waals surface area contributed by atoms with Crippen LogP contribution in [0.2, 0.25) is 0 Å². The largest absolute Gasteiger partial charge is 0.339 e. The molecule has 2 rings (SSSR count). The van der Waals surface area contributed by atoms with Crippen LogP contribution in [0.3, 0.4) is 0 Å². The van der Waals surface area contributed by atoms with Crippen molar-refractivity contribution in [1.82, 2.24) is 10.2 Å². The number of hydrogen-bond donors (Lipinski definition) is 1. The van der Waals surface area contributed by atoms with Gasteiger partial charge in [0.15, 0.2) is 0 Å². The average Bonchev–Trinajstić information content (AvgIpc) is 1.99. The Morgan fingerprint density at radius 2 is 2.21 bits per heavy atom. The van der Waals surface area contributed by atoms with Crippen molar-refractivity contribution in [3.05, 3.63) is 12.8 Å². The van der Waals surface area contributed by atoms with E-state index >= 15 is 0 Å². The molecule has 2 aliphatic rings. The van der Waals surface area contributed by atoms with Gasteiger partial charge >= 0.3 is 0 Å². The van der Waals surface area contributed by atoms with Gasteiger partial charge in [0, 0.05) is 44.0 Å². The first-order valence-electron chi connectivity index (χ1n) is 4.93. The summed E-state index contributed by atoms with van der Waals surface area (Å²) in [5.41, 5.74) is 0.519. The molecule has 0 bridgehead atoms. The number of guanidine groups is 1. The molecular formula is C10H16N4. The summed E-state index contributed by atoms with van der Waals surface area (Å²) in [7, 11) is 0. The van der Waals surface area contributed by atoms with Crippen LogP contribution in [0.15, 0.2) is 22.8 Å². The average molecular weight is 192 g/mol. The maximum atomic E-state index is 4.22. The molecule has 0 atom stereocenters. The highest BCUT2D eigenvalue weighted by Gasteiger charge is 2.48. The molecule has 0 aromatic heterocycles. The fraction of sp³-hybridized carbons (Fsp3) is 0.600. The van der Waals surface area contributed by atoms with E-state index in [1.807, 2.05) is 6.92 Å². The summed E-state index contributed by atoms with van der Waals surface area (Å²) >= 11 is 0. The van der Waals surface area contributed by atoms with Crippen LogP contribution < -0.4 is 5.32 Å².